The van der Waals surface area contributed by atoms with Crippen molar-refractivity contribution in [1.29, 1.82) is 0 Å². The third kappa shape index (κ3) is 2.51. The van der Waals surface area contributed by atoms with Crippen molar-refractivity contribution < 1.29 is 22.7 Å². The normalized spacial score (nSPS) is 17.6. The van der Waals surface area contributed by atoms with Gasteiger partial charge in [0, 0.05) is 11.6 Å². The Labute approximate surface area is 112 Å². The molecule has 0 fully saturated rings. The highest BCUT2D eigenvalue weighted by atomic mass is 19.4. The number of ether oxygens (including phenoxy) is 1. The maximum absolute atomic E-state index is 12.9. The smallest absolute Gasteiger partial charge is 0.442 e. The van der Waals surface area contributed by atoms with Gasteiger partial charge < -0.3 is 10.5 Å². The minimum atomic E-state index is -4.59. The molecule has 20 heavy (non-hydrogen) atoms. The monoisotopic (exact) mass is 287 g/mol. The number of alkyl halides is 3. The summed E-state index contributed by atoms with van der Waals surface area (Å²) in [6, 6.07) is 4.77. The van der Waals surface area contributed by atoms with Crippen LogP contribution in [0.25, 0.3) is 0 Å². The first kappa shape index (κ1) is 14.4. The quantitative estimate of drug-likeness (QED) is 0.864. The number of nitrogens with zero attached hydrogens (tertiary/aromatic N) is 2. The van der Waals surface area contributed by atoms with Crippen LogP contribution in [0.1, 0.15) is 23.6 Å². The number of nitrogens with two attached hydrogens (primary N) is 1. The number of hydrogen-bond donors (Lipinski definition) is 1. The van der Waals surface area contributed by atoms with Gasteiger partial charge in [-0.1, -0.05) is 18.2 Å². The van der Waals surface area contributed by atoms with E-state index >= 15 is 0 Å². The van der Waals surface area contributed by atoms with Crippen LogP contribution in [-0.4, -0.2) is 19.3 Å². The van der Waals surface area contributed by atoms with Crippen molar-refractivity contribution in [3.05, 3.63) is 35.4 Å². The summed E-state index contributed by atoms with van der Waals surface area (Å²) in [6.45, 7) is 0. The molecule has 1 aliphatic heterocycles. The van der Waals surface area contributed by atoms with E-state index in [1.807, 2.05) is 0 Å². The van der Waals surface area contributed by atoms with Crippen molar-refractivity contribution in [1.82, 2.24) is 0 Å². The molecule has 0 saturated heterocycles. The molecule has 0 spiro atoms. The number of esters is 1. The van der Waals surface area contributed by atoms with Gasteiger partial charge in [-0.05, 0) is 11.6 Å². The zero-order chi connectivity index (χ0) is 15.0. The van der Waals surface area contributed by atoms with Gasteiger partial charge in [0.1, 0.15) is 0 Å². The van der Waals surface area contributed by atoms with Gasteiger partial charge in [-0.2, -0.15) is 13.2 Å². The van der Waals surface area contributed by atoms with Gasteiger partial charge in [-0.25, -0.2) is 0 Å². The lowest BCUT2D eigenvalue weighted by molar-refractivity contribution is -0.166. The largest absolute Gasteiger partial charge is 0.469 e. The lowest BCUT2D eigenvalue weighted by Crippen LogP contribution is -2.30. The van der Waals surface area contributed by atoms with Crippen molar-refractivity contribution in [3.63, 3.8) is 0 Å². The molecular formula is C12H12F3N3O2. The molecule has 0 bridgehead atoms. The standard InChI is InChI=1S/C12H12F3N3O2/c1-20-10(19)6-9(16)7-3-2-4-8(5-7)11(17-18-11)12(13,14)15/h2-5,9H,6,16H2,1H3/t9-/m1/s1. The van der Waals surface area contributed by atoms with Crippen molar-refractivity contribution in [2.24, 2.45) is 16.0 Å². The second kappa shape index (κ2) is 4.86. The average molecular weight is 287 g/mol. The molecule has 8 heteroatoms. The van der Waals surface area contributed by atoms with Crippen LogP contribution in [0.3, 0.4) is 0 Å². The van der Waals surface area contributed by atoms with Crippen LogP contribution < -0.4 is 5.73 Å². The first-order valence-electron chi connectivity index (χ1n) is 5.74. The van der Waals surface area contributed by atoms with E-state index in [1.54, 1.807) is 6.07 Å². The fourth-order valence-electron chi connectivity index (χ4n) is 1.81. The molecule has 1 aliphatic rings. The summed E-state index contributed by atoms with van der Waals surface area (Å²) in [6.07, 6.45) is -4.70. The summed E-state index contributed by atoms with van der Waals surface area (Å²) >= 11 is 0. The molecule has 0 aliphatic carbocycles. The fraction of sp³-hybridized carbons (Fsp3) is 0.417. The van der Waals surface area contributed by atoms with Crippen LogP contribution in [0.4, 0.5) is 13.2 Å². The number of carbonyl (C=O) groups is 1. The van der Waals surface area contributed by atoms with Crippen LogP contribution in [0.2, 0.25) is 0 Å². The number of rotatable bonds is 4. The average Bonchev–Trinajstić information content (AvgIpc) is 3.19. The Balaban J connectivity index is 2.23. The summed E-state index contributed by atoms with van der Waals surface area (Å²) in [7, 11) is 1.21. The first-order chi connectivity index (χ1) is 9.30. The molecule has 1 atom stereocenters. The number of benzene rings is 1. The number of carbonyl (C=O) groups excluding carboxylic acids is 1. The molecule has 0 amide bonds. The Hall–Kier alpha value is -1.96. The van der Waals surface area contributed by atoms with Crippen molar-refractivity contribution in [2.45, 2.75) is 24.3 Å². The van der Waals surface area contributed by atoms with Crippen molar-refractivity contribution in [3.8, 4) is 0 Å². The molecule has 0 aromatic heterocycles. The third-order valence-electron chi connectivity index (χ3n) is 3.03. The van der Waals surface area contributed by atoms with Crippen molar-refractivity contribution >= 4 is 5.97 Å². The van der Waals surface area contributed by atoms with E-state index in [2.05, 4.69) is 15.0 Å². The SMILES string of the molecule is COC(=O)C[C@@H](N)c1cccc(C2(C(F)(F)F)N=N2)c1. The topological polar surface area (TPSA) is 77.0 Å². The molecule has 1 aromatic rings. The lowest BCUT2D eigenvalue weighted by atomic mass is 9.96. The van der Waals surface area contributed by atoms with E-state index < -0.39 is 23.9 Å². The molecule has 1 heterocycles. The maximum Gasteiger partial charge on any atom is 0.442 e. The molecule has 0 unspecified atom stereocenters. The molecular weight excluding hydrogens is 275 g/mol. The van der Waals surface area contributed by atoms with E-state index in [1.165, 1.54) is 25.3 Å². The highest BCUT2D eigenvalue weighted by molar-refractivity contribution is 5.70. The van der Waals surface area contributed by atoms with Gasteiger partial charge in [0.05, 0.1) is 13.5 Å². The molecule has 1 aromatic carbocycles. The van der Waals surface area contributed by atoms with Crippen LogP contribution in [-0.2, 0) is 15.2 Å². The minimum Gasteiger partial charge on any atom is -0.469 e. The Morgan fingerprint density at radius 3 is 2.60 bits per heavy atom. The highest BCUT2D eigenvalue weighted by Crippen LogP contribution is 2.52. The second-order valence-corrected chi connectivity index (χ2v) is 4.38. The van der Waals surface area contributed by atoms with Crippen molar-refractivity contribution in [2.75, 3.05) is 7.11 Å². The molecule has 5 nitrogen and oxygen atoms in total. The number of halogens is 3. The Morgan fingerprint density at radius 1 is 1.45 bits per heavy atom. The van der Waals surface area contributed by atoms with Gasteiger partial charge in [0.25, 0.3) is 0 Å². The van der Waals surface area contributed by atoms with Crippen LogP contribution in [0.5, 0.6) is 0 Å². The van der Waals surface area contributed by atoms with Crippen LogP contribution in [0.15, 0.2) is 34.5 Å². The molecule has 0 saturated carbocycles. The summed E-state index contributed by atoms with van der Waals surface area (Å²) in [5, 5.41) is 6.24. The Kier molecular flexibility index (Phi) is 3.51. The molecule has 108 valence electrons. The van der Waals surface area contributed by atoms with Gasteiger partial charge in [0.15, 0.2) is 0 Å². The van der Waals surface area contributed by atoms with E-state index in [9.17, 15) is 18.0 Å². The minimum absolute atomic E-state index is 0.109. The molecule has 2 rings (SSSR count). The Morgan fingerprint density at radius 2 is 2.10 bits per heavy atom. The van der Waals surface area contributed by atoms with Gasteiger partial charge in [0.2, 0.25) is 0 Å². The molecule has 0 radical (unpaired) electrons. The predicted molar refractivity (Wildman–Crippen MR) is 62.6 cm³/mol. The van der Waals surface area contributed by atoms with Crippen LogP contribution in [0, 0.1) is 0 Å². The summed E-state index contributed by atoms with van der Waals surface area (Å²) in [5.74, 6) is -0.533. The van der Waals surface area contributed by atoms with Gasteiger partial charge in [-0.3, -0.25) is 4.79 Å². The highest BCUT2D eigenvalue weighted by Gasteiger charge is 2.65. The molecule has 2 N–H and O–H groups in total. The number of methoxy groups -OCH3 is 1. The van der Waals surface area contributed by atoms with Gasteiger partial charge >= 0.3 is 17.8 Å². The second-order valence-electron chi connectivity index (χ2n) is 4.38. The Bertz CT molecular complexity index is 551. The van der Waals surface area contributed by atoms with Crippen LogP contribution >= 0.6 is 0 Å². The maximum atomic E-state index is 12.9. The van der Waals surface area contributed by atoms with E-state index in [0.29, 0.717) is 5.56 Å². The fourth-order valence-corrected chi connectivity index (χ4v) is 1.81. The summed E-state index contributed by atoms with van der Waals surface area (Å²) in [4.78, 5) is 11.1. The summed E-state index contributed by atoms with van der Waals surface area (Å²) in [5.41, 5.74) is 3.58. The lowest BCUT2D eigenvalue weighted by Gasteiger charge is -2.17. The van der Waals surface area contributed by atoms with E-state index in [4.69, 9.17) is 5.73 Å². The van der Waals surface area contributed by atoms with E-state index in [-0.39, 0.29) is 12.0 Å². The predicted octanol–water partition coefficient (Wildman–Crippen LogP) is 2.43. The summed E-state index contributed by atoms with van der Waals surface area (Å²) < 4.78 is 43.1. The zero-order valence-corrected chi connectivity index (χ0v) is 10.5. The van der Waals surface area contributed by atoms with E-state index in [0.717, 1.165) is 0 Å². The third-order valence-corrected chi connectivity index (χ3v) is 3.03. The first-order valence-corrected chi connectivity index (χ1v) is 5.74. The zero-order valence-electron chi connectivity index (χ0n) is 10.5. The van der Waals surface area contributed by atoms with Gasteiger partial charge in [-0.15, -0.1) is 10.2 Å². The number of hydrogen-bond acceptors (Lipinski definition) is 5.